The lowest BCUT2D eigenvalue weighted by atomic mass is 10.1. The van der Waals surface area contributed by atoms with E-state index in [2.05, 4.69) is 57.2 Å². The predicted molar refractivity (Wildman–Crippen MR) is 136 cm³/mol. The lowest BCUT2D eigenvalue weighted by molar-refractivity contribution is -0.115. The Balaban J connectivity index is 1.06. The summed E-state index contributed by atoms with van der Waals surface area (Å²) in [6.07, 6.45) is 3.97. The Bertz CT molecular complexity index is 1230. The van der Waals surface area contributed by atoms with Gasteiger partial charge >= 0.3 is 0 Å². The summed E-state index contributed by atoms with van der Waals surface area (Å²) in [6.45, 7) is 6.71. The number of imide groups is 1. The highest BCUT2D eigenvalue weighted by molar-refractivity contribution is 8.18. The van der Waals surface area contributed by atoms with E-state index in [1.165, 1.54) is 16.5 Å². The molecule has 0 radical (unpaired) electrons. The maximum absolute atomic E-state index is 11.7. The fourth-order valence-corrected chi connectivity index (χ4v) is 5.17. The topological polar surface area (TPSA) is 66.8 Å². The molecule has 0 spiro atoms. The van der Waals surface area contributed by atoms with Crippen LogP contribution in [-0.4, -0.2) is 64.8 Å². The van der Waals surface area contributed by atoms with Gasteiger partial charge in [-0.25, -0.2) is 0 Å². The van der Waals surface area contributed by atoms with Gasteiger partial charge in [0.15, 0.2) is 0 Å². The lowest BCUT2D eigenvalue weighted by Crippen LogP contribution is -2.47. The largest absolute Gasteiger partial charge is 0.492 e. The van der Waals surface area contributed by atoms with Crippen molar-refractivity contribution in [2.45, 2.75) is 6.54 Å². The number of carbonyl (C=O) groups is 2. The van der Waals surface area contributed by atoms with Crippen molar-refractivity contribution in [3.05, 3.63) is 70.8 Å². The van der Waals surface area contributed by atoms with Crippen LogP contribution in [0.25, 0.3) is 17.0 Å². The number of benzene rings is 2. The van der Waals surface area contributed by atoms with Crippen LogP contribution in [0.2, 0.25) is 0 Å². The first-order valence-corrected chi connectivity index (χ1v) is 12.3. The Morgan fingerprint density at radius 3 is 2.47 bits per heavy atom. The molecule has 2 aliphatic heterocycles. The smallest absolute Gasteiger partial charge is 0.290 e. The number of aromatic nitrogens is 1. The zero-order valence-corrected chi connectivity index (χ0v) is 20.0. The van der Waals surface area contributed by atoms with Crippen LogP contribution in [0, 0.1) is 0 Å². The molecule has 34 heavy (non-hydrogen) atoms. The van der Waals surface area contributed by atoms with E-state index < -0.39 is 0 Å². The summed E-state index contributed by atoms with van der Waals surface area (Å²) in [5.41, 5.74) is 3.55. The van der Waals surface area contributed by atoms with Crippen molar-refractivity contribution in [3.63, 3.8) is 0 Å². The van der Waals surface area contributed by atoms with E-state index in [0.717, 1.165) is 62.3 Å². The number of hydrogen-bond donors (Lipinski definition) is 1. The van der Waals surface area contributed by atoms with Crippen molar-refractivity contribution in [2.75, 3.05) is 39.3 Å². The highest BCUT2D eigenvalue weighted by Gasteiger charge is 2.25. The average Bonchev–Trinajstić information content (AvgIpc) is 3.33. The molecule has 0 bridgehead atoms. The van der Waals surface area contributed by atoms with Gasteiger partial charge in [-0.05, 0) is 47.2 Å². The van der Waals surface area contributed by atoms with Crippen molar-refractivity contribution in [1.29, 1.82) is 0 Å². The van der Waals surface area contributed by atoms with E-state index >= 15 is 0 Å². The summed E-state index contributed by atoms with van der Waals surface area (Å²) in [4.78, 5) is 28.3. The second-order valence-corrected chi connectivity index (χ2v) is 9.68. The number of carbonyl (C=O) groups excluding carboxylic acids is 2. The lowest BCUT2D eigenvalue weighted by Gasteiger charge is -2.34. The number of rotatable bonds is 7. The van der Waals surface area contributed by atoms with Crippen molar-refractivity contribution in [1.82, 2.24) is 19.7 Å². The van der Waals surface area contributed by atoms with Gasteiger partial charge in [-0.1, -0.05) is 30.3 Å². The molecule has 3 aromatic rings. The molecule has 2 aromatic carbocycles. The third kappa shape index (κ3) is 5.19. The van der Waals surface area contributed by atoms with Crippen LogP contribution in [0.4, 0.5) is 4.79 Å². The minimum atomic E-state index is -0.340. The van der Waals surface area contributed by atoms with Gasteiger partial charge in [0.2, 0.25) is 0 Å². The van der Waals surface area contributed by atoms with Gasteiger partial charge in [-0.3, -0.25) is 24.7 Å². The molecule has 3 heterocycles. The molecule has 2 aliphatic rings. The summed E-state index contributed by atoms with van der Waals surface area (Å²) in [6, 6.07) is 16.2. The number of aryl methyl sites for hydroxylation is 1. The Morgan fingerprint density at radius 1 is 1.00 bits per heavy atom. The quantitative estimate of drug-likeness (QED) is 0.525. The zero-order chi connectivity index (χ0) is 23.5. The first-order valence-electron chi connectivity index (χ1n) is 11.5. The van der Waals surface area contributed by atoms with E-state index in [4.69, 9.17) is 4.74 Å². The van der Waals surface area contributed by atoms with Crippen molar-refractivity contribution >= 4 is 39.9 Å². The maximum atomic E-state index is 11.7. The van der Waals surface area contributed by atoms with E-state index in [0.29, 0.717) is 11.5 Å². The molecule has 2 fully saturated rings. The summed E-state index contributed by atoms with van der Waals surface area (Å²) >= 11 is 0.924. The number of thioether (sulfide) groups is 1. The van der Waals surface area contributed by atoms with Crippen molar-refractivity contribution in [3.8, 4) is 5.75 Å². The summed E-state index contributed by atoms with van der Waals surface area (Å²) in [5, 5.41) is 3.28. The molecule has 7 nitrogen and oxygen atoms in total. The van der Waals surface area contributed by atoms with Crippen LogP contribution in [0.1, 0.15) is 11.1 Å². The van der Waals surface area contributed by atoms with E-state index in [-0.39, 0.29) is 11.1 Å². The SMILES string of the molecule is Cn1cc(CN2CCN(CCOc3ccc(C=C4SC(=O)NC4=O)cc3)CC2)c2ccccc21. The molecular formula is C26H28N4O3S. The molecule has 0 unspecified atom stereocenters. The molecule has 0 saturated carbocycles. The van der Waals surface area contributed by atoms with Gasteiger partial charge in [-0.2, -0.15) is 0 Å². The van der Waals surface area contributed by atoms with E-state index in [1.54, 1.807) is 6.08 Å². The average molecular weight is 477 g/mol. The van der Waals surface area contributed by atoms with Gasteiger partial charge in [0.05, 0.1) is 4.91 Å². The highest BCUT2D eigenvalue weighted by atomic mass is 32.2. The zero-order valence-electron chi connectivity index (χ0n) is 19.2. The number of amides is 2. The second-order valence-electron chi connectivity index (χ2n) is 8.67. The summed E-state index contributed by atoms with van der Waals surface area (Å²) < 4.78 is 8.14. The van der Waals surface area contributed by atoms with Crippen LogP contribution in [-0.2, 0) is 18.4 Å². The van der Waals surface area contributed by atoms with Gasteiger partial charge in [0.1, 0.15) is 12.4 Å². The molecule has 1 N–H and O–H groups in total. The minimum Gasteiger partial charge on any atom is -0.492 e. The van der Waals surface area contributed by atoms with Crippen LogP contribution < -0.4 is 10.1 Å². The first kappa shape index (κ1) is 22.7. The van der Waals surface area contributed by atoms with Crippen LogP contribution in [0.5, 0.6) is 5.75 Å². The number of nitrogens with zero attached hydrogens (tertiary/aromatic N) is 3. The maximum Gasteiger partial charge on any atom is 0.290 e. The van der Waals surface area contributed by atoms with Gasteiger partial charge < -0.3 is 9.30 Å². The fraction of sp³-hybridized carbons (Fsp3) is 0.308. The first-order chi connectivity index (χ1) is 16.5. The molecule has 8 heteroatoms. The fourth-order valence-electron chi connectivity index (χ4n) is 4.49. The molecule has 1 aromatic heterocycles. The third-order valence-corrected chi connectivity index (χ3v) is 7.15. The molecule has 2 saturated heterocycles. The van der Waals surface area contributed by atoms with Gasteiger partial charge in [-0.15, -0.1) is 0 Å². The molecule has 176 valence electrons. The summed E-state index contributed by atoms with van der Waals surface area (Å²) in [5.74, 6) is 0.462. The normalized spacial score (nSPS) is 18.7. The highest BCUT2D eigenvalue weighted by Crippen LogP contribution is 2.26. The Kier molecular flexibility index (Phi) is 6.71. The van der Waals surface area contributed by atoms with E-state index in [1.807, 2.05) is 24.3 Å². The number of ether oxygens (including phenoxy) is 1. The molecule has 5 rings (SSSR count). The van der Waals surface area contributed by atoms with Crippen LogP contribution in [0.15, 0.2) is 59.6 Å². The monoisotopic (exact) mass is 476 g/mol. The summed E-state index contributed by atoms with van der Waals surface area (Å²) in [7, 11) is 2.11. The van der Waals surface area contributed by atoms with E-state index in [9.17, 15) is 9.59 Å². The van der Waals surface area contributed by atoms with Crippen LogP contribution in [0.3, 0.4) is 0 Å². The number of para-hydroxylation sites is 1. The third-order valence-electron chi connectivity index (χ3n) is 6.33. The van der Waals surface area contributed by atoms with Gasteiger partial charge in [0, 0.05) is 63.4 Å². The van der Waals surface area contributed by atoms with Crippen molar-refractivity contribution in [2.24, 2.45) is 7.05 Å². The standard InChI is InChI=1S/C26H28N4O3S/c1-28-17-20(22-4-2-3-5-23(22)28)18-30-12-10-29(11-13-30)14-15-33-21-8-6-19(7-9-21)16-24-25(31)27-26(32)34-24/h2-9,16-17H,10-15,18H2,1H3,(H,27,31,32). The van der Waals surface area contributed by atoms with Crippen LogP contribution >= 0.6 is 11.8 Å². The number of piperazine rings is 1. The minimum absolute atomic E-state index is 0.328. The van der Waals surface area contributed by atoms with Crippen molar-refractivity contribution < 1.29 is 14.3 Å². The number of hydrogen-bond acceptors (Lipinski definition) is 6. The molecule has 2 amide bonds. The molecular weight excluding hydrogens is 448 g/mol. The Labute approximate surface area is 203 Å². The Morgan fingerprint density at radius 2 is 1.74 bits per heavy atom. The predicted octanol–water partition coefficient (Wildman–Crippen LogP) is 3.70. The molecule has 0 atom stereocenters. The Hall–Kier alpha value is -3.07. The second kappa shape index (κ2) is 10.0. The number of fused-ring (bicyclic) bond motifs is 1. The molecule has 0 aliphatic carbocycles. The van der Waals surface area contributed by atoms with Gasteiger partial charge in [0.25, 0.3) is 11.1 Å². The number of nitrogens with one attached hydrogen (secondary N) is 1.